The van der Waals surface area contributed by atoms with Gasteiger partial charge in [0.25, 0.3) is 0 Å². The van der Waals surface area contributed by atoms with E-state index < -0.39 is 0 Å². The van der Waals surface area contributed by atoms with E-state index in [0.717, 1.165) is 45.8 Å². The predicted octanol–water partition coefficient (Wildman–Crippen LogP) is 3.88. The summed E-state index contributed by atoms with van der Waals surface area (Å²) >= 11 is 5.09. The van der Waals surface area contributed by atoms with Crippen LogP contribution in [0.2, 0.25) is 0 Å². The Labute approximate surface area is 171 Å². The van der Waals surface area contributed by atoms with Crippen molar-refractivity contribution < 1.29 is 9.59 Å². The maximum Gasteiger partial charge on any atom is 0.238 e. The molecule has 7 heteroatoms. The van der Waals surface area contributed by atoms with E-state index in [0.29, 0.717) is 0 Å². The van der Waals surface area contributed by atoms with Gasteiger partial charge in [-0.1, -0.05) is 34.1 Å². The molecule has 3 rings (SSSR count). The fraction of sp³-hybridized carbons (Fsp3) is 0.300. The lowest BCUT2D eigenvalue weighted by molar-refractivity contribution is -0.126. The van der Waals surface area contributed by atoms with E-state index >= 15 is 0 Å². The second-order valence-corrected chi connectivity index (χ2v) is 8.58. The first kappa shape index (κ1) is 19.9. The van der Waals surface area contributed by atoms with E-state index in [9.17, 15) is 9.59 Å². The van der Waals surface area contributed by atoms with Crippen LogP contribution in [0, 0.1) is 0 Å². The van der Waals surface area contributed by atoms with Crippen LogP contribution in [0.1, 0.15) is 19.3 Å². The molecule has 0 spiro atoms. The third-order valence-corrected chi connectivity index (χ3v) is 6.02. The van der Waals surface area contributed by atoms with Gasteiger partial charge in [0.2, 0.25) is 11.8 Å². The topological polar surface area (TPSA) is 75.4 Å². The van der Waals surface area contributed by atoms with Crippen molar-refractivity contribution in [3.8, 4) is 0 Å². The highest BCUT2D eigenvalue weighted by Crippen LogP contribution is 2.29. The average Bonchev–Trinajstić information content (AvgIpc) is 2.65. The standard InChI is InChI=1S/C20H22BrN3O2S/c21-14-4-8-16(9-5-14)27-17-10-6-15(7-11-17)23-19(25)13-24-12-2-1-3-18(24)20(22)26/h4-11,18H,1-3,12-13H2,(H2,22,26)(H,23,25). The zero-order valence-electron chi connectivity index (χ0n) is 14.9. The monoisotopic (exact) mass is 447 g/mol. The maximum atomic E-state index is 12.3. The van der Waals surface area contributed by atoms with Gasteiger partial charge in [0.05, 0.1) is 12.6 Å². The number of primary amides is 1. The number of rotatable bonds is 6. The number of hydrogen-bond acceptors (Lipinski definition) is 4. The van der Waals surface area contributed by atoms with Crippen molar-refractivity contribution in [3.05, 3.63) is 53.0 Å². The molecule has 2 aromatic carbocycles. The summed E-state index contributed by atoms with van der Waals surface area (Å²) in [6.07, 6.45) is 2.69. The highest BCUT2D eigenvalue weighted by molar-refractivity contribution is 9.10. The number of carbonyl (C=O) groups is 2. The van der Waals surface area contributed by atoms with E-state index in [-0.39, 0.29) is 24.4 Å². The minimum atomic E-state index is -0.350. The van der Waals surface area contributed by atoms with Gasteiger partial charge in [0.1, 0.15) is 0 Å². The molecule has 142 valence electrons. The maximum absolute atomic E-state index is 12.3. The van der Waals surface area contributed by atoms with Gasteiger partial charge in [-0.3, -0.25) is 14.5 Å². The molecule has 5 nitrogen and oxygen atoms in total. The third-order valence-electron chi connectivity index (χ3n) is 4.48. The van der Waals surface area contributed by atoms with E-state index in [2.05, 4.69) is 33.4 Å². The first-order valence-corrected chi connectivity index (χ1v) is 10.5. The Hall–Kier alpha value is -1.83. The average molecular weight is 448 g/mol. The number of hydrogen-bond donors (Lipinski definition) is 2. The number of nitrogens with one attached hydrogen (secondary N) is 1. The summed E-state index contributed by atoms with van der Waals surface area (Å²) in [7, 11) is 0. The molecule has 2 aromatic rings. The lowest BCUT2D eigenvalue weighted by atomic mass is 10.0. The van der Waals surface area contributed by atoms with Gasteiger partial charge in [-0.05, 0) is 67.9 Å². The van der Waals surface area contributed by atoms with Crippen molar-refractivity contribution in [3.63, 3.8) is 0 Å². The normalized spacial score (nSPS) is 17.4. The molecule has 0 aromatic heterocycles. The van der Waals surface area contributed by atoms with Crippen molar-refractivity contribution in [2.24, 2.45) is 5.73 Å². The fourth-order valence-corrected chi connectivity index (χ4v) is 4.21. The third kappa shape index (κ3) is 5.82. The summed E-state index contributed by atoms with van der Waals surface area (Å²) in [6.45, 7) is 0.910. The number of benzene rings is 2. The summed E-state index contributed by atoms with van der Waals surface area (Å²) in [6, 6.07) is 15.5. The van der Waals surface area contributed by atoms with Crippen LogP contribution in [0.5, 0.6) is 0 Å². The van der Waals surface area contributed by atoms with Gasteiger partial charge < -0.3 is 11.1 Å². The molecule has 1 heterocycles. The SMILES string of the molecule is NC(=O)C1CCCCN1CC(=O)Nc1ccc(Sc2ccc(Br)cc2)cc1. The van der Waals surface area contributed by atoms with Crippen LogP contribution >= 0.6 is 27.7 Å². The summed E-state index contributed by atoms with van der Waals surface area (Å²) in [5.41, 5.74) is 6.20. The van der Waals surface area contributed by atoms with Crippen LogP contribution in [-0.4, -0.2) is 35.8 Å². The smallest absolute Gasteiger partial charge is 0.238 e. The molecular formula is C20H22BrN3O2S. The Morgan fingerprint density at radius 3 is 2.33 bits per heavy atom. The van der Waals surface area contributed by atoms with Crippen molar-refractivity contribution in [1.82, 2.24) is 4.90 Å². The highest BCUT2D eigenvalue weighted by atomic mass is 79.9. The largest absolute Gasteiger partial charge is 0.368 e. The molecule has 1 aliphatic heterocycles. The second-order valence-electron chi connectivity index (χ2n) is 6.51. The fourth-order valence-electron chi connectivity index (χ4n) is 3.13. The Bertz CT molecular complexity index is 796. The zero-order valence-corrected chi connectivity index (χ0v) is 17.3. The Balaban J connectivity index is 1.55. The molecule has 1 saturated heterocycles. The van der Waals surface area contributed by atoms with Crippen LogP contribution in [0.3, 0.4) is 0 Å². The molecule has 1 aliphatic rings. The van der Waals surface area contributed by atoms with E-state index in [1.54, 1.807) is 11.8 Å². The summed E-state index contributed by atoms with van der Waals surface area (Å²) in [5.74, 6) is -0.478. The first-order chi connectivity index (χ1) is 13.0. The summed E-state index contributed by atoms with van der Waals surface area (Å²) in [4.78, 5) is 28.0. The van der Waals surface area contributed by atoms with Gasteiger partial charge in [0.15, 0.2) is 0 Å². The molecule has 0 aliphatic carbocycles. The molecule has 0 radical (unpaired) electrons. The first-order valence-electron chi connectivity index (χ1n) is 8.88. The molecule has 27 heavy (non-hydrogen) atoms. The van der Waals surface area contributed by atoms with Gasteiger partial charge >= 0.3 is 0 Å². The number of amides is 2. The van der Waals surface area contributed by atoms with Crippen molar-refractivity contribution in [1.29, 1.82) is 0 Å². The molecule has 1 atom stereocenters. The minimum Gasteiger partial charge on any atom is -0.368 e. The molecule has 0 bridgehead atoms. The van der Waals surface area contributed by atoms with E-state index in [4.69, 9.17) is 5.73 Å². The Morgan fingerprint density at radius 2 is 1.70 bits per heavy atom. The number of carbonyl (C=O) groups excluding carboxylic acids is 2. The predicted molar refractivity (Wildman–Crippen MR) is 112 cm³/mol. The number of likely N-dealkylation sites (tertiary alicyclic amines) is 1. The minimum absolute atomic E-state index is 0.128. The Morgan fingerprint density at radius 1 is 1.07 bits per heavy atom. The molecule has 3 N–H and O–H groups in total. The van der Waals surface area contributed by atoms with Crippen LogP contribution in [-0.2, 0) is 9.59 Å². The lowest BCUT2D eigenvalue weighted by Gasteiger charge is -2.32. The van der Waals surface area contributed by atoms with E-state index in [1.165, 1.54) is 0 Å². The van der Waals surface area contributed by atoms with Gasteiger partial charge in [-0.15, -0.1) is 0 Å². The number of halogens is 1. The van der Waals surface area contributed by atoms with Gasteiger partial charge in [-0.25, -0.2) is 0 Å². The zero-order chi connectivity index (χ0) is 19.2. The summed E-state index contributed by atoms with van der Waals surface area (Å²) < 4.78 is 1.05. The van der Waals surface area contributed by atoms with Gasteiger partial charge in [0, 0.05) is 20.0 Å². The molecule has 2 amide bonds. The molecule has 0 saturated carbocycles. The molecular weight excluding hydrogens is 426 g/mol. The molecule has 1 unspecified atom stereocenters. The lowest BCUT2D eigenvalue weighted by Crippen LogP contribution is -2.50. The Kier molecular flexibility index (Phi) is 6.93. The van der Waals surface area contributed by atoms with Crippen molar-refractivity contribution >= 4 is 45.2 Å². The quantitative estimate of drug-likeness (QED) is 0.704. The second kappa shape index (κ2) is 9.39. The number of anilines is 1. The van der Waals surface area contributed by atoms with Crippen LogP contribution < -0.4 is 11.1 Å². The van der Waals surface area contributed by atoms with Crippen LogP contribution in [0.25, 0.3) is 0 Å². The molecule has 1 fully saturated rings. The summed E-state index contributed by atoms with van der Waals surface area (Å²) in [5, 5.41) is 2.90. The van der Waals surface area contributed by atoms with Crippen LogP contribution in [0.4, 0.5) is 5.69 Å². The number of nitrogens with two attached hydrogens (primary N) is 1. The van der Waals surface area contributed by atoms with E-state index in [1.807, 2.05) is 41.3 Å². The number of nitrogens with zero attached hydrogens (tertiary/aromatic N) is 1. The highest BCUT2D eigenvalue weighted by Gasteiger charge is 2.28. The van der Waals surface area contributed by atoms with Gasteiger partial charge in [-0.2, -0.15) is 0 Å². The number of piperidine rings is 1. The van der Waals surface area contributed by atoms with Crippen molar-refractivity contribution in [2.75, 3.05) is 18.4 Å². The van der Waals surface area contributed by atoms with Crippen LogP contribution in [0.15, 0.2) is 62.8 Å². The van der Waals surface area contributed by atoms with Crippen molar-refractivity contribution in [2.45, 2.75) is 35.1 Å².